The summed E-state index contributed by atoms with van der Waals surface area (Å²) in [5.74, 6) is -0.954. The van der Waals surface area contributed by atoms with Crippen molar-refractivity contribution >= 4 is 46.5 Å². The third-order valence-electron chi connectivity index (χ3n) is 4.08. The van der Waals surface area contributed by atoms with Gasteiger partial charge in [0.15, 0.2) is 11.2 Å². The van der Waals surface area contributed by atoms with E-state index >= 15 is 0 Å². The summed E-state index contributed by atoms with van der Waals surface area (Å²) >= 11 is 0. The lowest BCUT2D eigenvalue weighted by molar-refractivity contribution is -0.150. The van der Waals surface area contributed by atoms with Gasteiger partial charge in [-0.15, -0.1) is 0 Å². The predicted molar refractivity (Wildman–Crippen MR) is 106 cm³/mol. The van der Waals surface area contributed by atoms with Gasteiger partial charge < -0.3 is 34.8 Å². The Morgan fingerprint density at radius 1 is 1.26 bits per heavy atom. The summed E-state index contributed by atoms with van der Waals surface area (Å²) in [6.07, 6.45) is -2.17. The van der Waals surface area contributed by atoms with Crippen LogP contribution in [0.4, 0.5) is 5.95 Å². The van der Waals surface area contributed by atoms with Gasteiger partial charge in [0, 0.05) is 13.3 Å². The highest BCUT2D eigenvalue weighted by Gasteiger charge is 2.44. The quantitative estimate of drug-likeness (QED) is 0.166. The molecule has 0 saturated carbocycles. The molecule has 3 rings (SSSR count). The molecule has 3 heterocycles. The number of rotatable bonds is 9. The zero-order chi connectivity index (χ0) is 25.5. The third-order valence-corrected chi connectivity index (χ3v) is 7.88. The fraction of sp³-hybridized carbons (Fsp3) is 0.500. The summed E-state index contributed by atoms with van der Waals surface area (Å²) in [5.41, 5.74) is 4.88. The Labute approximate surface area is 188 Å². The highest BCUT2D eigenvalue weighted by atomic mass is 31.3. The number of aromatic nitrogens is 4. The molecular weight excluding hydrogens is 531 g/mol. The van der Waals surface area contributed by atoms with E-state index in [2.05, 4.69) is 28.1 Å². The van der Waals surface area contributed by atoms with Crippen molar-refractivity contribution in [3.63, 3.8) is 0 Å². The van der Waals surface area contributed by atoms with E-state index in [1.54, 1.807) is 0 Å². The van der Waals surface area contributed by atoms with Crippen molar-refractivity contribution in [2.45, 2.75) is 31.8 Å². The van der Waals surface area contributed by atoms with Crippen LogP contribution < -0.4 is 11.3 Å². The van der Waals surface area contributed by atoms with E-state index in [1.807, 2.05) is 0 Å². The van der Waals surface area contributed by atoms with Crippen molar-refractivity contribution in [3.8, 4) is 0 Å². The van der Waals surface area contributed by atoms with E-state index < -0.39 is 60.0 Å². The van der Waals surface area contributed by atoms with E-state index in [0.717, 1.165) is 6.92 Å². The minimum Gasteiger partial charge on any atom is -0.460 e. The van der Waals surface area contributed by atoms with Crippen molar-refractivity contribution in [2.24, 2.45) is 0 Å². The van der Waals surface area contributed by atoms with Crippen molar-refractivity contribution in [1.29, 1.82) is 0 Å². The predicted octanol–water partition coefficient (Wildman–Crippen LogP) is -0.736. The van der Waals surface area contributed by atoms with Crippen LogP contribution in [0.5, 0.6) is 0 Å². The van der Waals surface area contributed by atoms with Crippen LogP contribution in [0.1, 0.15) is 19.6 Å². The van der Waals surface area contributed by atoms with Gasteiger partial charge in [0.25, 0.3) is 5.56 Å². The number of nitrogens with two attached hydrogens (primary N) is 1. The Balaban J connectivity index is 1.76. The Kier molecular flexibility index (Phi) is 7.48. The van der Waals surface area contributed by atoms with E-state index in [0.29, 0.717) is 0 Å². The Bertz CT molecular complexity index is 1290. The van der Waals surface area contributed by atoms with E-state index in [9.17, 15) is 33.1 Å². The Morgan fingerprint density at radius 3 is 2.56 bits per heavy atom. The molecule has 7 N–H and O–H groups in total. The minimum absolute atomic E-state index is 0.0290. The fourth-order valence-electron chi connectivity index (χ4n) is 2.98. The molecule has 0 radical (unpaired) electrons. The molecule has 22 heteroatoms. The number of aromatic amines is 1. The Hall–Kier alpha value is -2.01. The van der Waals surface area contributed by atoms with E-state index in [4.69, 9.17) is 25.0 Å². The molecule has 1 saturated heterocycles. The summed E-state index contributed by atoms with van der Waals surface area (Å²) in [6, 6.07) is 0. The van der Waals surface area contributed by atoms with E-state index in [-0.39, 0.29) is 23.5 Å². The van der Waals surface area contributed by atoms with Crippen molar-refractivity contribution in [1.82, 2.24) is 19.5 Å². The highest BCUT2D eigenvalue weighted by molar-refractivity contribution is 7.66. The molecule has 1 fully saturated rings. The van der Waals surface area contributed by atoms with Crippen LogP contribution in [0.15, 0.2) is 11.1 Å². The molecule has 2 unspecified atom stereocenters. The number of nitrogen functional groups attached to an aromatic ring is 1. The maximum Gasteiger partial charge on any atom is 0.490 e. The largest absolute Gasteiger partial charge is 0.490 e. The summed E-state index contributed by atoms with van der Waals surface area (Å²) in [4.78, 5) is 69.5. The molecule has 1 aliphatic rings. The van der Waals surface area contributed by atoms with Crippen LogP contribution in [0.3, 0.4) is 0 Å². The van der Waals surface area contributed by atoms with E-state index in [1.165, 1.54) is 10.9 Å². The number of carbonyl (C=O) groups excluding carboxylic acids is 1. The summed E-state index contributed by atoms with van der Waals surface area (Å²) in [5, 5.41) is 0. The van der Waals surface area contributed by atoms with Crippen LogP contribution in [0.2, 0.25) is 0 Å². The molecule has 190 valence electrons. The number of hydrogen-bond acceptors (Lipinski definition) is 13. The standard InChI is InChI=1S/C12H18N5O14P3/c1-5(18)28-6-2-8(17-4-14-9-10(17)15-12(13)16-11(9)19)29-7(6)3-27-33(23,24)31-34(25,26)30-32(20,21)22/h4,6-8H,2-3H2,1H3,(H,23,24)(H,25,26)(H2,20,21,22)(H3,13,15,16,19)/t6-,7+,8+/m0/s1. The number of esters is 1. The van der Waals surface area contributed by atoms with Crippen LogP contribution in [0.25, 0.3) is 11.2 Å². The number of ether oxygens (including phenoxy) is 2. The van der Waals surface area contributed by atoms with Crippen molar-refractivity contribution in [3.05, 3.63) is 16.7 Å². The van der Waals surface area contributed by atoms with Gasteiger partial charge in [-0.3, -0.25) is 23.7 Å². The minimum atomic E-state index is -5.72. The second-order valence-electron chi connectivity index (χ2n) is 6.67. The molecule has 0 spiro atoms. The third kappa shape index (κ3) is 6.78. The maximum atomic E-state index is 12.0. The first kappa shape index (κ1) is 26.6. The monoisotopic (exact) mass is 549 g/mol. The number of phosphoric acid groups is 3. The number of fused-ring (bicyclic) bond motifs is 1. The van der Waals surface area contributed by atoms with Gasteiger partial charge in [-0.2, -0.15) is 13.6 Å². The molecule has 1 aliphatic heterocycles. The van der Waals surface area contributed by atoms with Gasteiger partial charge in [-0.05, 0) is 0 Å². The first-order valence-corrected chi connectivity index (χ1v) is 13.4. The SMILES string of the molecule is CC(=O)O[C@H]1C[C@H](n2cnc3c(=O)[nH]c(N)nc32)O[C@@H]1COP(=O)(O)OP(=O)(O)OP(=O)(O)O. The molecule has 5 atom stereocenters. The molecule has 2 aromatic rings. The van der Waals surface area contributed by atoms with Crippen molar-refractivity contribution in [2.75, 3.05) is 12.3 Å². The molecule has 0 bridgehead atoms. The normalized spacial score (nSPS) is 24.6. The van der Waals surface area contributed by atoms with Gasteiger partial charge >= 0.3 is 29.4 Å². The topological polar surface area (TPSA) is 285 Å². The zero-order valence-corrected chi connectivity index (χ0v) is 19.5. The summed E-state index contributed by atoms with van der Waals surface area (Å²) < 4.78 is 58.0. The summed E-state index contributed by atoms with van der Waals surface area (Å²) in [7, 11) is -16.7. The fourth-order valence-corrected chi connectivity index (χ4v) is 6.01. The van der Waals surface area contributed by atoms with Crippen LogP contribution in [-0.2, 0) is 41.1 Å². The molecular formula is C12H18N5O14P3. The number of hydrogen-bond donors (Lipinski definition) is 6. The maximum absolute atomic E-state index is 12.0. The molecule has 2 aromatic heterocycles. The highest BCUT2D eigenvalue weighted by Crippen LogP contribution is 2.66. The van der Waals surface area contributed by atoms with Crippen molar-refractivity contribution < 1.29 is 60.7 Å². The number of carbonyl (C=O) groups is 1. The van der Waals surface area contributed by atoms with Crippen LogP contribution in [0, 0.1) is 0 Å². The number of H-pyrrole nitrogens is 1. The lowest BCUT2D eigenvalue weighted by Gasteiger charge is -2.20. The molecule has 0 amide bonds. The second kappa shape index (κ2) is 9.56. The first-order valence-electron chi connectivity index (χ1n) is 8.88. The lowest BCUT2D eigenvalue weighted by atomic mass is 10.2. The number of phosphoric ester groups is 1. The molecule has 0 aliphatic carbocycles. The lowest BCUT2D eigenvalue weighted by Crippen LogP contribution is -2.30. The number of anilines is 1. The van der Waals surface area contributed by atoms with Gasteiger partial charge in [0.05, 0.1) is 12.9 Å². The number of nitrogens with zero attached hydrogens (tertiary/aromatic N) is 3. The second-order valence-corrected chi connectivity index (χ2v) is 11.1. The average Bonchev–Trinajstić information content (AvgIpc) is 3.20. The number of imidazole rings is 1. The van der Waals surface area contributed by atoms with Gasteiger partial charge in [0.1, 0.15) is 18.4 Å². The molecule has 19 nitrogen and oxygen atoms in total. The van der Waals surface area contributed by atoms with Gasteiger partial charge in [-0.1, -0.05) is 0 Å². The first-order chi connectivity index (χ1) is 15.6. The average molecular weight is 549 g/mol. The summed E-state index contributed by atoms with van der Waals surface area (Å²) in [6.45, 7) is 0.224. The van der Waals surface area contributed by atoms with Crippen LogP contribution in [-0.4, -0.2) is 63.9 Å². The van der Waals surface area contributed by atoms with Gasteiger partial charge in [-0.25, -0.2) is 18.7 Å². The zero-order valence-electron chi connectivity index (χ0n) is 16.9. The molecule has 34 heavy (non-hydrogen) atoms. The molecule has 0 aromatic carbocycles. The van der Waals surface area contributed by atoms with Gasteiger partial charge in [0.2, 0.25) is 5.95 Å². The Morgan fingerprint density at radius 2 is 1.94 bits per heavy atom. The smallest absolute Gasteiger partial charge is 0.460 e. The van der Waals surface area contributed by atoms with Crippen LogP contribution >= 0.6 is 23.5 Å². The number of nitrogens with one attached hydrogen (secondary N) is 1.